The van der Waals surface area contributed by atoms with Crippen LogP contribution < -0.4 is 10.6 Å². The van der Waals surface area contributed by atoms with Crippen molar-refractivity contribution < 1.29 is 9.90 Å². The van der Waals surface area contributed by atoms with Crippen LogP contribution in [0.4, 0.5) is 4.79 Å². The Morgan fingerprint density at radius 1 is 1.50 bits per heavy atom. The van der Waals surface area contributed by atoms with E-state index in [9.17, 15) is 9.90 Å². The Morgan fingerprint density at radius 3 is 2.91 bits per heavy atom. The first-order valence-electron chi connectivity index (χ1n) is 7.78. The summed E-state index contributed by atoms with van der Waals surface area (Å²) in [7, 11) is 0. The fourth-order valence-electron chi connectivity index (χ4n) is 3.16. The zero-order valence-electron chi connectivity index (χ0n) is 13.4. The molecule has 0 aromatic heterocycles. The lowest BCUT2D eigenvalue weighted by atomic mass is 9.87. The van der Waals surface area contributed by atoms with E-state index in [0.29, 0.717) is 13.0 Å². The van der Waals surface area contributed by atoms with Gasteiger partial charge < -0.3 is 15.7 Å². The predicted octanol–water partition coefficient (Wildman–Crippen LogP) is 3.42. The molecule has 2 rings (SSSR count). The third kappa shape index (κ3) is 4.37. The van der Waals surface area contributed by atoms with Gasteiger partial charge in [-0.1, -0.05) is 37.6 Å². The molecule has 3 N–H and O–H groups in total. The van der Waals surface area contributed by atoms with Crippen molar-refractivity contribution in [2.75, 3.05) is 6.54 Å². The van der Waals surface area contributed by atoms with E-state index in [2.05, 4.69) is 10.6 Å². The molecule has 0 spiro atoms. The number of aliphatic hydroxyl groups is 1. The first kappa shape index (κ1) is 17.1. The molecule has 1 aliphatic carbocycles. The SMILES string of the molecule is CC(O)CC(C)(C)CNC(=O)NC1CCc2c(Cl)cccc21. The lowest BCUT2D eigenvalue weighted by Gasteiger charge is -2.27. The number of hydrogen-bond donors (Lipinski definition) is 3. The average Bonchev–Trinajstić information content (AvgIpc) is 2.80. The molecule has 122 valence electrons. The second-order valence-corrected chi connectivity index (χ2v) is 7.35. The van der Waals surface area contributed by atoms with E-state index in [1.165, 1.54) is 0 Å². The van der Waals surface area contributed by atoms with E-state index in [1.54, 1.807) is 6.92 Å². The maximum Gasteiger partial charge on any atom is 0.315 e. The minimum absolute atomic E-state index is 0.0218. The summed E-state index contributed by atoms with van der Waals surface area (Å²) in [5.74, 6) is 0. The quantitative estimate of drug-likeness (QED) is 0.777. The first-order chi connectivity index (χ1) is 10.3. The number of aliphatic hydroxyl groups excluding tert-OH is 1. The van der Waals surface area contributed by atoms with Gasteiger partial charge in [0.2, 0.25) is 0 Å². The molecule has 2 atom stereocenters. The van der Waals surface area contributed by atoms with Gasteiger partial charge in [0, 0.05) is 11.6 Å². The maximum absolute atomic E-state index is 12.1. The van der Waals surface area contributed by atoms with Crippen LogP contribution >= 0.6 is 11.6 Å². The van der Waals surface area contributed by atoms with Crippen molar-refractivity contribution in [2.24, 2.45) is 5.41 Å². The molecule has 0 saturated carbocycles. The van der Waals surface area contributed by atoms with Gasteiger partial charge in [-0.25, -0.2) is 4.79 Å². The van der Waals surface area contributed by atoms with Gasteiger partial charge in [-0.2, -0.15) is 0 Å². The van der Waals surface area contributed by atoms with Gasteiger partial charge >= 0.3 is 6.03 Å². The Bertz CT molecular complexity index is 543. The summed E-state index contributed by atoms with van der Waals surface area (Å²) in [5.41, 5.74) is 2.12. The van der Waals surface area contributed by atoms with Crippen molar-refractivity contribution in [3.8, 4) is 0 Å². The summed E-state index contributed by atoms with van der Waals surface area (Å²) in [6, 6.07) is 5.69. The Morgan fingerprint density at radius 2 is 2.23 bits per heavy atom. The maximum atomic E-state index is 12.1. The number of carbonyl (C=O) groups is 1. The highest BCUT2D eigenvalue weighted by Crippen LogP contribution is 2.35. The van der Waals surface area contributed by atoms with Crippen LogP contribution in [-0.2, 0) is 6.42 Å². The van der Waals surface area contributed by atoms with Crippen molar-refractivity contribution in [1.82, 2.24) is 10.6 Å². The lowest BCUT2D eigenvalue weighted by Crippen LogP contribution is -2.42. The van der Waals surface area contributed by atoms with E-state index in [0.717, 1.165) is 29.0 Å². The molecular weight excluding hydrogens is 300 g/mol. The van der Waals surface area contributed by atoms with Crippen LogP contribution in [0.1, 0.15) is 50.8 Å². The Labute approximate surface area is 137 Å². The van der Waals surface area contributed by atoms with Crippen LogP contribution in [0, 0.1) is 5.41 Å². The summed E-state index contributed by atoms with van der Waals surface area (Å²) in [4.78, 5) is 12.1. The molecule has 0 radical (unpaired) electrons. The van der Waals surface area contributed by atoms with Crippen LogP contribution in [0.25, 0.3) is 0 Å². The number of carbonyl (C=O) groups excluding carboxylic acids is 1. The predicted molar refractivity (Wildman–Crippen MR) is 89.1 cm³/mol. The molecule has 5 heteroatoms. The Kier molecular flexibility index (Phi) is 5.35. The van der Waals surface area contributed by atoms with Gasteiger partial charge in [0.25, 0.3) is 0 Å². The molecule has 0 bridgehead atoms. The van der Waals surface area contributed by atoms with Gasteiger partial charge in [0.1, 0.15) is 0 Å². The number of urea groups is 1. The summed E-state index contributed by atoms with van der Waals surface area (Å²) in [5, 5.41) is 16.2. The van der Waals surface area contributed by atoms with E-state index in [-0.39, 0.29) is 23.6 Å². The second kappa shape index (κ2) is 6.88. The van der Waals surface area contributed by atoms with Crippen molar-refractivity contribution in [2.45, 2.75) is 52.2 Å². The second-order valence-electron chi connectivity index (χ2n) is 6.94. The third-order valence-corrected chi connectivity index (χ3v) is 4.45. The van der Waals surface area contributed by atoms with Gasteiger partial charge in [-0.05, 0) is 48.8 Å². The van der Waals surface area contributed by atoms with E-state index in [4.69, 9.17) is 11.6 Å². The van der Waals surface area contributed by atoms with E-state index in [1.807, 2.05) is 32.0 Å². The van der Waals surface area contributed by atoms with Crippen LogP contribution in [0.3, 0.4) is 0 Å². The van der Waals surface area contributed by atoms with Crippen LogP contribution in [0.15, 0.2) is 18.2 Å². The molecule has 0 fully saturated rings. The number of nitrogens with one attached hydrogen (secondary N) is 2. The number of rotatable bonds is 5. The zero-order chi connectivity index (χ0) is 16.3. The number of hydrogen-bond acceptors (Lipinski definition) is 2. The summed E-state index contributed by atoms with van der Waals surface area (Å²) >= 11 is 6.19. The number of halogens is 1. The third-order valence-electron chi connectivity index (χ3n) is 4.09. The van der Waals surface area contributed by atoms with Crippen molar-refractivity contribution in [1.29, 1.82) is 0 Å². The molecule has 0 aliphatic heterocycles. The van der Waals surface area contributed by atoms with Crippen molar-refractivity contribution in [3.63, 3.8) is 0 Å². The van der Waals surface area contributed by atoms with Crippen molar-refractivity contribution >= 4 is 17.6 Å². The standard InChI is InChI=1S/C17H25ClN2O2/c1-11(21)9-17(2,3)10-19-16(22)20-15-8-7-12-13(15)5-4-6-14(12)18/h4-6,11,15,21H,7-10H2,1-3H3,(H2,19,20,22). The minimum Gasteiger partial charge on any atom is -0.393 e. The fourth-order valence-corrected chi connectivity index (χ4v) is 3.44. The van der Waals surface area contributed by atoms with Gasteiger partial charge in [0.15, 0.2) is 0 Å². The van der Waals surface area contributed by atoms with Crippen LogP contribution in [0.2, 0.25) is 5.02 Å². The summed E-state index contributed by atoms with van der Waals surface area (Å²) in [6.45, 7) is 6.36. The molecule has 2 unspecified atom stereocenters. The Hall–Kier alpha value is -1.26. The lowest BCUT2D eigenvalue weighted by molar-refractivity contribution is 0.128. The molecule has 1 aliphatic rings. The number of benzene rings is 1. The number of amides is 2. The number of fused-ring (bicyclic) bond motifs is 1. The van der Waals surface area contributed by atoms with Crippen LogP contribution in [0.5, 0.6) is 0 Å². The molecule has 0 heterocycles. The van der Waals surface area contributed by atoms with Gasteiger partial charge in [0.05, 0.1) is 12.1 Å². The first-order valence-corrected chi connectivity index (χ1v) is 8.16. The fraction of sp³-hybridized carbons (Fsp3) is 0.588. The molecule has 4 nitrogen and oxygen atoms in total. The monoisotopic (exact) mass is 324 g/mol. The van der Waals surface area contributed by atoms with E-state index < -0.39 is 0 Å². The van der Waals surface area contributed by atoms with Gasteiger partial charge in [-0.15, -0.1) is 0 Å². The summed E-state index contributed by atoms with van der Waals surface area (Å²) in [6.07, 6.45) is 2.05. The Balaban J connectivity index is 1.88. The topological polar surface area (TPSA) is 61.4 Å². The molecule has 22 heavy (non-hydrogen) atoms. The molecule has 1 aromatic carbocycles. The highest BCUT2D eigenvalue weighted by molar-refractivity contribution is 6.31. The summed E-state index contributed by atoms with van der Waals surface area (Å²) < 4.78 is 0. The van der Waals surface area contributed by atoms with Crippen molar-refractivity contribution in [3.05, 3.63) is 34.3 Å². The smallest absolute Gasteiger partial charge is 0.315 e. The highest BCUT2D eigenvalue weighted by Gasteiger charge is 2.26. The van der Waals surface area contributed by atoms with E-state index >= 15 is 0 Å². The largest absolute Gasteiger partial charge is 0.393 e. The van der Waals surface area contributed by atoms with Crippen LogP contribution in [-0.4, -0.2) is 23.8 Å². The highest BCUT2D eigenvalue weighted by atomic mass is 35.5. The normalized spacial score (nSPS) is 18.7. The molecule has 0 saturated heterocycles. The molecular formula is C17H25ClN2O2. The molecule has 2 amide bonds. The minimum atomic E-state index is -0.372. The average molecular weight is 325 g/mol. The molecule has 1 aromatic rings. The van der Waals surface area contributed by atoms with Gasteiger partial charge in [-0.3, -0.25) is 0 Å². The zero-order valence-corrected chi connectivity index (χ0v) is 14.2.